The minimum absolute atomic E-state index is 0.136. The van der Waals surface area contributed by atoms with Crippen molar-refractivity contribution < 1.29 is 17.9 Å². The summed E-state index contributed by atoms with van der Waals surface area (Å²) in [5.41, 5.74) is 0.528. The number of rotatable bonds is 3. The van der Waals surface area contributed by atoms with E-state index >= 15 is 0 Å². The molecule has 0 atom stereocenters. The van der Waals surface area contributed by atoms with Crippen molar-refractivity contribution in [2.45, 2.75) is 19.2 Å². The number of para-hydroxylation sites is 1. The van der Waals surface area contributed by atoms with Gasteiger partial charge in [0.2, 0.25) is 0 Å². The SMILES string of the molecule is [CH2]CCc1ccccc1OC(F)(F)F. The van der Waals surface area contributed by atoms with Gasteiger partial charge < -0.3 is 4.74 Å². The summed E-state index contributed by atoms with van der Waals surface area (Å²) >= 11 is 0. The molecule has 0 unspecified atom stereocenters. The van der Waals surface area contributed by atoms with Crippen LogP contribution in [0.15, 0.2) is 24.3 Å². The highest BCUT2D eigenvalue weighted by molar-refractivity contribution is 5.33. The van der Waals surface area contributed by atoms with Crippen molar-refractivity contribution >= 4 is 0 Å². The Morgan fingerprint density at radius 3 is 2.43 bits per heavy atom. The molecule has 14 heavy (non-hydrogen) atoms. The van der Waals surface area contributed by atoms with Crippen LogP contribution >= 0.6 is 0 Å². The highest BCUT2D eigenvalue weighted by Gasteiger charge is 2.31. The molecule has 1 aromatic rings. The quantitative estimate of drug-likeness (QED) is 0.731. The van der Waals surface area contributed by atoms with E-state index in [0.717, 1.165) is 0 Å². The number of benzene rings is 1. The predicted octanol–water partition coefficient (Wildman–Crippen LogP) is 3.35. The van der Waals surface area contributed by atoms with Crippen LogP contribution in [0, 0.1) is 6.92 Å². The molecule has 0 saturated carbocycles. The van der Waals surface area contributed by atoms with Crippen LogP contribution in [0.5, 0.6) is 5.75 Å². The van der Waals surface area contributed by atoms with E-state index in [1.54, 1.807) is 12.1 Å². The average Bonchev–Trinajstić information content (AvgIpc) is 2.06. The first-order chi connectivity index (χ1) is 6.53. The number of ether oxygens (including phenoxy) is 1. The molecule has 4 heteroatoms. The van der Waals surface area contributed by atoms with Crippen molar-refractivity contribution in [1.29, 1.82) is 0 Å². The molecule has 0 N–H and O–H groups in total. The van der Waals surface area contributed by atoms with Crippen LogP contribution in [0.4, 0.5) is 13.2 Å². The molecule has 1 nitrogen and oxygen atoms in total. The lowest BCUT2D eigenvalue weighted by Gasteiger charge is -2.12. The standard InChI is InChI=1S/C10H10F3O/c1-2-5-8-6-3-4-7-9(8)14-10(11,12)13/h3-4,6-7H,1-2,5H2. The zero-order chi connectivity index (χ0) is 10.6. The molecule has 77 valence electrons. The van der Waals surface area contributed by atoms with Crippen molar-refractivity contribution in [2.75, 3.05) is 0 Å². The van der Waals surface area contributed by atoms with Gasteiger partial charge in [0.25, 0.3) is 0 Å². The van der Waals surface area contributed by atoms with Gasteiger partial charge in [-0.15, -0.1) is 13.2 Å². The van der Waals surface area contributed by atoms with Crippen LogP contribution in [0.3, 0.4) is 0 Å². The number of halogens is 3. The zero-order valence-corrected chi connectivity index (χ0v) is 7.47. The Morgan fingerprint density at radius 1 is 1.21 bits per heavy atom. The molecule has 0 aliphatic rings. The second kappa shape index (κ2) is 4.35. The number of alkyl halides is 3. The van der Waals surface area contributed by atoms with Gasteiger partial charge in [0.1, 0.15) is 5.75 Å². The molecule has 0 heterocycles. The van der Waals surface area contributed by atoms with Gasteiger partial charge in [-0.1, -0.05) is 25.1 Å². The maximum absolute atomic E-state index is 11.9. The first-order valence-corrected chi connectivity index (χ1v) is 4.16. The molecule has 1 aromatic carbocycles. The second-order valence-corrected chi connectivity index (χ2v) is 2.76. The van der Waals surface area contributed by atoms with Crippen molar-refractivity contribution in [3.8, 4) is 5.75 Å². The van der Waals surface area contributed by atoms with Crippen LogP contribution in [0.2, 0.25) is 0 Å². The molecule has 0 amide bonds. The molecule has 0 fully saturated rings. The highest BCUT2D eigenvalue weighted by atomic mass is 19.4. The third kappa shape index (κ3) is 3.28. The normalized spacial score (nSPS) is 11.4. The molecule has 0 spiro atoms. The Hall–Kier alpha value is -1.19. The van der Waals surface area contributed by atoms with Crippen LogP contribution in [0.25, 0.3) is 0 Å². The lowest BCUT2D eigenvalue weighted by molar-refractivity contribution is -0.274. The van der Waals surface area contributed by atoms with E-state index in [-0.39, 0.29) is 5.75 Å². The Kier molecular flexibility index (Phi) is 3.38. The predicted molar refractivity (Wildman–Crippen MR) is 46.8 cm³/mol. The van der Waals surface area contributed by atoms with Gasteiger partial charge in [0.15, 0.2) is 0 Å². The van der Waals surface area contributed by atoms with Crippen LogP contribution in [-0.2, 0) is 6.42 Å². The molecule has 0 bridgehead atoms. The van der Waals surface area contributed by atoms with Crippen LogP contribution in [-0.4, -0.2) is 6.36 Å². The Morgan fingerprint density at radius 2 is 1.86 bits per heavy atom. The van der Waals surface area contributed by atoms with Gasteiger partial charge in [0.05, 0.1) is 0 Å². The van der Waals surface area contributed by atoms with Crippen molar-refractivity contribution in [3.63, 3.8) is 0 Å². The number of hydrogen-bond donors (Lipinski definition) is 0. The maximum atomic E-state index is 11.9. The van der Waals surface area contributed by atoms with E-state index in [1.165, 1.54) is 12.1 Å². The first-order valence-electron chi connectivity index (χ1n) is 4.16. The summed E-state index contributed by atoms with van der Waals surface area (Å²) in [6.45, 7) is 3.58. The lowest BCUT2D eigenvalue weighted by Crippen LogP contribution is -2.18. The van der Waals surface area contributed by atoms with Gasteiger partial charge >= 0.3 is 6.36 Å². The van der Waals surface area contributed by atoms with E-state index in [4.69, 9.17) is 0 Å². The summed E-state index contributed by atoms with van der Waals surface area (Å²) in [5.74, 6) is -0.136. The zero-order valence-electron chi connectivity index (χ0n) is 7.47. The number of hydrogen-bond acceptors (Lipinski definition) is 1. The summed E-state index contributed by atoms with van der Waals surface area (Å²) in [6.07, 6.45) is -3.61. The minimum atomic E-state index is -4.63. The Balaban J connectivity index is 2.84. The van der Waals surface area contributed by atoms with Gasteiger partial charge in [-0.25, -0.2) is 0 Å². The third-order valence-corrected chi connectivity index (χ3v) is 1.64. The van der Waals surface area contributed by atoms with E-state index in [9.17, 15) is 13.2 Å². The van der Waals surface area contributed by atoms with Crippen molar-refractivity contribution in [3.05, 3.63) is 36.8 Å². The lowest BCUT2D eigenvalue weighted by atomic mass is 10.1. The van der Waals surface area contributed by atoms with Crippen molar-refractivity contribution in [2.24, 2.45) is 0 Å². The van der Waals surface area contributed by atoms with E-state index in [0.29, 0.717) is 18.4 Å². The summed E-state index contributed by atoms with van der Waals surface area (Å²) in [5, 5.41) is 0. The topological polar surface area (TPSA) is 9.23 Å². The van der Waals surface area contributed by atoms with E-state index < -0.39 is 6.36 Å². The summed E-state index contributed by atoms with van der Waals surface area (Å²) < 4.78 is 39.6. The van der Waals surface area contributed by atoms with E-state index in [2.05, 4.69) is 11.7 Å². The molecule has 0 aliphatic carbocycles. The molecule has 1 radical (unpaired) electrons. The van der Waals surface area contributed by atoms with Gasteiger partial charge in [0, 0.05) is 0 Å². The third-order valence-electron chi connectivity index (χ3n) is 1.64. The average molecular weight is 203 g/mol. The fraction of sp³-hybridized carbons (Fsp3) is 0.300. The smallest absolute Gasteiger partial charge is 0.406 e. The molecular weight excluding hydrogens is 193 g/mol. The molecule has 0 aromatic heterocycles. The first kappa shape index (κ1) is 10.9. The molecule has 1 rings (SSSR count). The number of aryl methyl sites for hydroxylation is 1. The van der Waals surface area contributed by atoms with Gasteiger partial charge in [-0.3, -0.25) is 0 Å². The monoisotopic (exact) mass is 203 g/mol. The van der Waals surface area contributed by atoms with Crippen LogP contribution < -0.4 is 4.74 Å². The Labute approximate surface area is 80.5 Å². The Bertz CT molecular complexity index is 294. The van der Waals surface area contributed by atoms with Gasteiger partial charge in [-0.2, -0.15) is 0 Å². The summed E-state index contributed by atoms with van der Waals surface area (Å²) in [7, 11) is 0. The maximum Gasteiger partial charge on any atom is 0.573 e. The minimum Gasteiger partial charge on any atom is -0.406 e. The van der Waals surface area contributed by atoms with Crippen LogP contribution in [0.1, 0.15) is 12.0 Å². The fourth-order valence-corrected chi connectivity index (χ4v) is 1.13. The molecule has 0 saturated heterocycles. The molecule has 0 aliphatic heterocycles. The second-order valence-electron chi connectivity index (χ2n) is 2.76. The summed E-state index contributed by atoms with van der Waals surface area (Å²) in [6, 6.07) is 6.09. The van der Waals surface area contributed by atoms with Crippen molar-refractivity contribution in [1.82, 2.24) is 0 Å². The highest BCUT2D eigenvalue weighted by Crippen LogP contribution is 2.26. The van der Waals surface area contributed by atoms with E-state index in [1.807, 2.05) is 0 Å². The largest absolute Gasteiger partial charge is 0.573 e. The molecular formula is C10H10F3O. The van der Waals surface area contributed by atoms with Gasteiger partial charge in [-0.05, 0) is 24.5 Å². The summed E-state index contributed by atoms with van der Waals surface area (Å²) in [4.78, 5) is 0. The fourth-order valence-electron chi connectivity index (χ4n) is 1.13.